The van der Waals surface area contributed by atoms with Gasteiger partial charge in [0, 0.05) is 38.0 Å². The lowest BCUT2D eigenvalue weighted by Gasteiger charge is -2.42. The van der Waals surface area contributed by atoms with E-state index in [1.165, 1.54) is 6.07 Å². The van der Waals surface area contributed by atoms with Crippen molar-refractivity contribution >= 4 is 11.6 Å². The van der Waals surface area contributed by atoms with Crippen LogP contribution in [0.2, 0.25) is 0 Å². The zero-order valence-electron chi connectivity index (χ0n) is 15.7. The monoisotopic (exact) mass is 373 g/mol. The Balaban J connectivity index is 1.49. The van der Waals surface area contributed by atoms with Gasteiger partial charge in [0.15, 0.2) is 5.65 Å². The minimum Gasteiger partial charge on any atom is -0.396 e. The molecule has 1 atom stereocenters. The van der Waals surface area contributed by atoms with Crippen LogP contribution in [0.15, 0.2) is 17.1 Å². The molecule has 0 bridgehead atoms. The van der Waals surface area contributed by atoms with Crippen molar-refractivity contribution in [3.05, 3.63) is 33.9 Å². The smallest absolute Gasteiger partial charge is 0.266 e. The first-order valence-corrected chi connectivity index (χ1v) is 9.78. The number of aliphatic hydroxyl groups is 1. The molecule has 146 valence electrons. The Morgan fingerprint density at radius 1 is 1.30 bits per heavy atom. The summed E-state index contributed by atoms with van der Waals surface area (Å²) in [5.41, 5.74) is 1.55. The first-order chi connectivity index (χ1) is 13.1. The molecule has 8 heteroatoms. The van der Waals surface area contributed by atoms with Gasteiger partial charge in [0.25, 0.3) is 11.5 Å². The van der Waals surface area contributed by atoms with Gasteiger partial charge in [-0.1, -0.05) is 0 Å². The lowest BCUT2D eigenvalue weighted by atomic mass is 9.94. The second-order valence-corrected chi connectivity index (χ2v) is 7.78. The quantitative estimate of drug-likeness (QED) is 0.824. The minimum absolute atomic E-state index is 0.0219. The highest BCUT2D eigenvalue weighted by Crippen LogP contribution is 2.24. The van der Waals surface area contributed by atoms with Crippen LogP contribution >= 0.6 is 0 Å². The summed E-state index contributed by atoms with van der Waals surface area (Å²) in [7, 11) is 0. The van der Waals surface area contributed by atoms with Crippen LogP contribution in [0.1, 0.15) is 41.7 Å². The van der Waals surface area contributed by atoms with Crippen LogP contribution in [0.3, 0.4) is 0 Å². The number of amides is 1. The van der Waals surface area contributed by atoms with Gasteiger partial charge in [0.1, 0.15) is 0 Å². The predicted molar refractivity (Wildman–Crippen MR) is 101 cm³/mol. The second kappa shape index (κ2) is 7.44. The molecule has 0 saturated carbocycles. The van der Waals surface area contributed by atoms with Crippen LogP contribution in [-0.4, -0.2) is 74.2 Å². The van der Waals surface area contributed by atoms with Crippen LogP contribution in [-0.2, 0) is 0 Å². The first kappa shape index (κ1) is 18.2. The summed E-state index contributed by atoms with van der Waals surface area (Å²) >= 11 is 0. The first-order valence-electron chi connectivity index (χ1n) is 9.78. The van der Waals surface area contributed by atoms with Gasteiger partial charge in [-0.2, -0.15) is 0 Å². The van der Waals surface area contributed by atoms with Gasteiger partial charge in [-0.05, 0) is 51.6 Å². The SMILES string of the molecule is Cc1c(C(=O)N2CCC[C@@H](N3CCC(CO)CC3)C2)cnc2cc(=O)[nH]n12. The van der Waals surface area contributed by atoms with Gasteiger partial charge < -0.3 is 10.0 Å². The van der Waals surface area contributed by atoms with E-state index < -0.39 is 0 Å². The van der Waals surface area contributed by atoms with E-state index in [4.69, 9.17) is 0 Å². The molecule has 0 aromatic carbocycles. The number of aromatic nitrogens is 3. The van der Waals surface area contributed by atoms with Crippen molar-refractivity contribution in [3.63, 3.8) is 0 Å². The summed E-state index contributed by atoms with van der Waals surface area (Å²) < 4.78 is 1.58. The summed E-state index contributed by atoms with van der Waals surface area (Å²) in [6.45, 7) is 5.58. The summed E-state index contributed by atoms with van der Waals surface area (Å²) in [6.07, 6.45) is 5.74. The van der Waals surface area contributed by atoms with Crippen molar-refractivity contribution < 1.29 is 9.90 Å². The van der Waals surface area contributed by atoms with Gasteiger partial charge in [0.2, 0.25) is 0 Å². The Labute approximate surface area is 157 Å². The predicted octanol–water partition coefficient (Wildman–Crippen LogP) is 0.640. The molecule has 2 aromatic heterocycles. The molecular weight excluding hydrogens is 346 g/mol. The Hall–Kier alpha value is -2.19. The molecule has 0 aliphatic carbocycles. The Bertz CT molecular complexity index is 881. The average Bonchev–Trinajstić information content (AvgIpc) is 3.09. The van der Waals surface area contributed by atoms with Crippen molar-refractivity contribution in [3.8, 4) is 0 Å². The Morgan fingerprint density at radius 2 is 2.07 bits per heavy atom. The van der Waals surface area contributed by atoms with Crippen LogP contribution in [0.25, 0.3) is 5.65 Å². The van der Waals surface area contributed by atoms with Crippen LogP contribution in [0.4, 0.5) is 0 Å². The molecule has 2 fully saturated rings. The molecule has 2 aliphatic heterocycles. The molecule has 4 rings (SSSR count). The van der Waals surface area contributed by atoms with E-state index in [0.717, 1.165) is 51.9 Å². The average molecular weight is 373 g/mol. The maximum atomic E-state index is 13.1. The van der Waals surface area contributed by atoms with Gasteiger partial charge >= 0.3 is 0 Å². The lowest BCUT2D eigenvalue weighted by Crippen LogP contribution is -2.52. The minimum atomic E-state index is -0.223. The van der Waals surface area contributed by atoms with Crippen molar-refractivity contribution in [1.82, 2.24) is 24.4 Å². The number of nitrogens with one attached hydrogen (secondary N) is 1. The topological polar surface area (TPSA) is 93.9 Å². The number of H-pyrrole nitrogens is 1. The highest BCUT2D eigenvalue weighted by Gasteiger charge is 2.31. The third-order valence-corrected chi connectivity index (χ3v) is 6.10. The number of nitrogens with zero attached hydrogens (tertiary/aromatic N) is 4. The molecule has 0 spiro atoms. The van der Waals surface area contributed by atoms with E-state index in [1.807, 2.05) is 11.8 Å². The molecule has 0 unspecified atom stereocenters. The number of piperidine rings is 2. The molecule has 27 heavy (non-hydrogen) atoms. The number of carbonyl (C=O) groups excluding carboxylic acids is 1. The van der Waals surface area contributed by atoms with Gasteiger partial charge in [-0.15, -0.1) is 0 Å². The summed E-state index contributed by atoms with van der Waals surface area (Å²) in [5.74, 6) is 0.401. The molecule has 2 N–H and O–H groups in total. The molecule has 1 amide bonds. The number of likely N-dealkylation sites (tertiary alicyclic amines) is 2. The fourth-order valence-corrected chi connectivity index (χ4v) is 4.40. The van der Waals surface area contributed by atoms with E-state index in [9.17, 15) is 14.7 Å². The van der Waals surface area contributed by atoms with Gasteiger partial charge in [-0.3, -0.25) is 19.6 Å². The molecule has 2 saturated heterocycles. The van der Waals surface area contributed by atoms with Crippen LogP contribution in [0, 0.1) is 12.8 Å². The number of aliphatic hydroxyl groups excluding tert-OH is 1. The van der Waals surface area contributed by atoms with E-state index in [0.29, 0.717) is 28.9 Å². The van der Waals surface area contributed by atoms with Crippen molar-refractivity contribution in [2.45, 2.75) is 38.6 Å². The fourth-order valence-electron chi connectivity index (χ4n) is 4.40. The Kier molecular flexibility index (Phi) is 5.01. The molecule has 2 aliphatic rings. The number of aromatic amines is 1. The number of hydrogen-bond acceptors (Lipinski definition) is 5. The van der Waals surface area contributed by atoms with Crippen LogP contribution < -0.4 is 5.56 Å². The highest BCUT2D eigenvalue weighted by molar-refractivity contribution is 5.95. The maximum absolute atomic E-state index is 13.1. The van der Waals surface area contributed by atoms with Crippen molar-refractivity contribution in [1.29, 1.82) is 0 Å². The number of carbonyl (C=O) groups is 1. The standard InChI is InChI=1S/C19H27N5O3/c1-13-16(10-20-17-9-18(26)21-24(13)17)19(27)23-6-2-3-15(11-23)22-7-4-14(12-25)5-8-22/h9-10,14-15,25H,2-8,11-12H2,1H3,(H,21,26)/t15-/m1/s1. The Morgan fingerprint density at radius 3 is 2.81 bits per heavy atom. The number of fused-ring (bicyclic) bond motifs is 1. The summed E-state index contributed by atoms with van der Waals surface area (Å²) in [6, 6.07) is 1.81. The van der Waals surface area contributed by atoms with Crippen molar-refractivity contribution in [2.75, 3.05) is 32.8 Å². The molecule has 0 radical (unpaired) electrons. The van der Waals surface area contributed by atoms with E-state index in [1.54, 1.807) is 10.7 Å². The van der Waals surface area contributed by atoms with Gasteiger partial charge in [-0.25, -0.2) is 9.50 Å². The molecule has 2 aromatic rings. The second-order valence-electron chi connectivity index (χ2n) is 7.78. The van der Waals surface area contributed by atoms with Crippen LogP contribution in [0.5, 0.6) is 0 Å². The van der Waals surface area contributed by atoms with E-state index in [-0.39, 0.29) is 18.1 Å². The normalized spacial score (nSPS) is 22.4. The number of hydrogen-bond donors (Lipinski definition) is 2. The lowest BCUT2D eigenvalue weighted by molar-refractivity contribution is 0.0444. The van der Waals surface area contributed by atoms with E-state index >= 15 is 0 Å². The van der Waals surface area contributed by atoms with E-state index in [2.05, 4.69) is 15.0 Å². The third kappa shape index (κ3) is 3.51. The number of aryl methyl sites for hydroxylation is 1. The zero-order chi connectivity index (χ0) is 19.0. The third-order valence-electron chi connectivity index (χ3n) is 6.10. The fraction of sp³-hybridized carbons (Fsp3) is 0.632. The molecular formula is C19H27N5O3. The largest absolute Gasteiger partial charge is 0.396 e. The van der Waals surface area contributed by atoms with Gasteiger partial charge in [0.05, 0.1) is 11.3 Å². The summed E-state index contributed by atoms with van der Waals surface area (Å²) in [4.78, 5) is 33.3. The van der Waals surface area contributed by atoms with Crippen molar-refractivity contribution in [2.24, 2.45) is 5.92 Å². The summed E-state index contributed by atoms with van der Waals surface area (Å²) in [5, 5.41) is 12.0. The zero-order valence-corrected chi connectivity index (χ0v) is 15.7. The molecule has 8 nitrogen and oxygen atoms in total. The molecule has 4 heterocycles. The number of rotatable bonds is 3. The highest BCUT2D eigenvalue weighted by atomic mass is 16.3. The maximum Gasteiger partial charge on any atom is 0.266 e.